The Hall–Kier alpha value is -0.933. The number of carbonyl (C=O) groups excluding carboxylic acids is 1. The Kier molecular flexibility index (Phi) is 5.10. The monoisotopic (exact) mass is 278 g/mol. The lowest BCUT2D eigenvalue weighted by Crippen LogP contribution is -2.55. The number of hydrogen-bond donors (Lipinski definition) is 0. The van der Waals surface area contributed by atoms with Crippen molar-refractivity contribution in [3.8, 4) is 0 Å². The molecule has 0 saturated heterocycles. The topological polar surface area (TPSA) is 26.3 Å². The van der Waals surface area contributed by atoms with Crippen LogP contribution in [0.2, 0.25) is 13.1 Å². The predicted molar refractivity (Wildman–Crippen MR) is 83.0 cm³/mol. The van der Waals surface area contributed by atoms with Crippen LogP contribution in [0.5, 0.6) is 0 Å². The number of benzene rings is 1. The van der Waals surface area contributed by atoms with Gasteiger partial charge in [0.2, 0.25) is 0 Å². The normalized spacial score (nSPS) is 15.3. The summed E-state index contributed by atoms with van der Waals surface area (Å²) in [5, 5.41) is 0. The summed E-state index contributed by atoms with van der Waals surface area (Å²) in [5.41, 5.74) is 0.225. The summed E-state index contributed by atoms with van der Waals surface area (Å²) in [5.74, 6) is 0.130. The van der Waals surface area contributed by atoms with Gasteiger partial charge in [0.15, 0.2) is 14.8 Å². The van der Waals surface area contributed by atoms with Gasteiger partial charge in [-0.25, -0.2) is 0 Å². The molecule has 0 bridgehead atoms. The summed E-state index contributed by atoms with van der Waals surface area (Å²) in [6.07, 6.45) is 0.651. The first-order valence-corrected chi connectivity index (χ1v) is 9.70. The number of hydrogen-bond acceptors (Lipinski definition) is 2. The van der Waals surface area contributed by atoms with E-state index in [1.807, 2.05) is 18.2 Å². The third-order valence-electron chi connectivity index (χ3n) is 3.51. The number of Topliss-reactive ketones (excluding diaryl/α,β-unsaturated/α-hetero) is 1. The van der Waals surface area contributed by atoms with Crippen molar-refractivity contribution in [1.82, 2.24) is 0 Å². The number of carbonyl (C=O) groups is 1. The molecule has 2 nitrogen and oxygen atoms in total. The van der Waals surface area contributed by atoms with E-state index in [1.165, 1.54) is 0 Å². The first-order valence-electron chi connectivity index (χ1n) is 6.92. The SMILES string of the molecule is CC(=O)C(Cc1ccccc1)(O[SiH](C)C)C(C)(C)C. The molecular formula is C16H26O2Si. The van der Waals surface area contributed by atoms with E-state index >= 15 is 0 Å². The Bertz CT molecular complexity index is 420. The molecule has 1 atom stereocenters. The van der Waals surface area contributed by atoms with Crippen LogP contribution in [0.15, 0.2) is 30.3 Å². The van der Waals surface area contributed by atoms with Crippen LogP contribution in [-0.2, 0) is 15.6 Å². The van der Waals surface area contributed by atoms with E-state index in [2.05, 4.69) is 46.0 Å². The quantitative estimate of drug-likeness (QED) is 0.769. The van der Waals surface area contributed by atoms with Crippen molar-refractivity contribution >= 4 is 14.8 Å². The second-order valence-electron chi connectivity index (χ2n) is 6.46. The summed E-state index contributed by atoms with van der Waals surface area (Å²) >= 11 is 0. The van der Waals surface area contributed by atoms with Gasteiger partial charge >= 0.3 is 0 Å². The van der Waals surface area contributed by atoms with Gasteiger partial charge in [-0.05, 0) is 31.0 Å². The molecule has 1 aromatic carbocycles. The van der Waals surface area contributed by atoms with Gasteiger partial charge in [-0.3, -0.25) is 4.79 Å². The summed E-state index contributed by atoms with van der Waals surface area (Å²) < 4.78 is 6.26. The lowest BCUT2D eigenvalue weighted by Gasteiger charge is -2.44. The van der Waals surface area contributed by atoms with Crippen LogP contribution in [0, 0.1) is 5.41 Å². The molecule has 1 unspecified atom stereocenters. The Morgan fingerprint density at radius 1 is 1.16 bits per heavy atom. The van der Waals surface area contributed by atoms with E-state index < -0.39 is 14.6 Å². The molecule has 0 fully saturated rings. The van der Waals surface area contributed by atoms with Crippen molar-refractivity contribution < 1.29 is 9.22 Å². The zero-order chi connectivity index (χ0) is 14.7. The highest BCUT2D eigenvalue weighted by Crippen LogP contribution is 2.38. The Balaban J connectivity index is 3.20. The number of rotatable bonds is 5. The van der Waals surface area contributed by atoms with Crippen molar-refractivity contribution in [2.75, 3.05) is 0 Å². The molecule has 0 aliphatic heterocycles. The fraction of sp³-hybridized carbons (Fsp3) is 0.562. The average Bonchev–Trinajstić information content (AvgIpc) is 2.27. The largest absolute Gasteiger partial charge is 0.407 e. The molecule has 1 aromatic rings. The summed E-state index contributed by atoms with van der Waals surface area (Å²) in [6.45, 7) is 12.2. The summed E-state index contributed by atoms with van der Waals surface area (Å²) in [4.78, 5) is 12.3. The van der Waals surface area contributed by atoms with Gasteiger partial charge in [0.25, 0.3) is 0 Å². The lowest BCUT2D eigenvalue weighted by molar-refractivity contribution is -0.143. The molecule has 0 amide bonds. The highest BCUT2D eigenvalue weighted by Gasteiger charge is 2.47. The zero-order valence-electron chi connectivity index (χ0n) is 13.0. The molecule has 0 heterocycles. The van der Waals surface area contributed by atoms with E-state index in [4.69, 9.17) is 4.43 Å². The highest BCUT2D eigenvalue weighted by molar-refractivity contribution is 6.48. The Labute approximate surface area is 118 Å². The third kappa shape index (κ3) is 3.77. The van der Waals surface area contributed by atoms with Gasteiger partial charge in [-0.1, -0.05) is 51.1 Å². The molecular weight excluding hydrogens is 252 g/mol. The first-order chi connectivity index (χ1) is 8.69. The average molecular weight is 278 g/mol. The van der Waals surface area contributed by atoms with Gasteiger partial charge in [0, 0.05) is 6.42 Å². The van der Waals surface area contributed by atoms with E-state index in [1.54, 1.807) is 6.92 Å². The number of ketones is 1. The lowest BCUT2D eigenvalue weighted by atomic mass is 9.71. The van der Waals surface area contributed by atoms with Crippen molar-refractivity contribution in [1.29, 1.82) is 0 Å². The summed E-state index contributed by atoms with van der Waals surface area (Å²) in [7, 11) is -1.31. The molecule has 0 radical (unpaired) electrons. The minimum atomic E-state index is -1.31. The molecule has 0 spiro atoms. The molecule has 106 valence electrons. The van der Waals surface area contributed by atoms with Crippen LogP contribution >= 0.6 is 0 Å². The molecule has 1 rings (SSSR count). The standard InChI is InChI=1S/C16H26O2Si/c1-13(17)16(15(2,3)4,18-19(5)6)12-14-10-8-7-9-11-14/h7-11,19H,12H2,1-6H3. The van der Waals surface area contributed by atoms with E-state index in [0.717, 1.165) is 5.56 Å². The maximum atomic E-state index is 12.3. The molecule has 3 heteroatoms. The van der Waals surface area contributed by atoms with Crippen molar-refractivity contribution in [3.63, 3.8) is 0 Å². The Morgan fingerprint density at radius 3 is 2.05 bits per heavy atom. The molecule has 0 N–H and O–H groups in total. The van der Waals surface area contributed by atoms with Gasteiger partial charge in [0.1, 0.15) is 5.60 Å². The fourth-order valence-corrected chi connectivity index (χ4v) is 3.91. The fourth-order valence-electron chi connectivity index (χ4n) is 2.50. The van der Waals surface area contributed by atoms with Crippen molar-refractivity contribution in [3.05, 3.63) is 35.9 Å². The van der Waals surface area contributed by atoms with Crippen molar-refractivity contribution in [2.45, 2.75) is 52.8 Å². The van der Waals surface area contributed by atoms with Gasteiger partial charge in [-0.2, -0.15) is 0 Å². The Morgan fingerprint density at radius 2 is 1.68 bits per heavy atom. The predicted octanol–water partition coefficient (Wildman–Crippen LogP) is 3.60. The van der Waals surface area contributed by atoms with E-state index in [0.29, 0.717) is 6.42 Å². The van der Waals surface area contributed by atoms with Crippen LogP contribution in [0.3, 0.4) is 0 Å². The van der Waals surface area contributed by atoms with Gasteiger partial charge in [0.05, 0.1) is 0 Å². The smallest absolute Gasteiger partial charge is 0.172 e. The van der Waals surface area contributed by atoms with Crippen LogP contribution < -0.4 is 0 Å². The molecule has 0 aromatic heterocycles. The molecule has 19 heavy (non-hydrogen) atoms. The van der Waals surface area contributed by atoms with E-state index in [9.17, 15) is 4.79 Å². The van der Waals surface area contributed by atoms with Crippen LogP contribution in [0.4, 0.5) is 0 Å². The second-order valence-corrected chi connectivity index (χ2v) is 8.80. The van der Waals surface area contributed by atoms with Crippen molar-refractivity contribution in [2.24, 2.45) is 5.41 Å². The van der Waals surface area contributed by atoms with Crippen LogP contribution in [0.25, 0.3) is 0 Å². The highest BCUT2D eigenvalue weighted by atomic mass is 28.3. The molecule has 0 aliphatic carbocycles. The maximum Gasteiger partial charge on any atom is 0.172 e. The minimum Gasteiger partial charge on any atom is -0.407 e. The van der Waals surface area contributed by atoms with Crippen LogP contribution in [0.1, 0.15) is 33.3 Å². The van der Waals surface area contributed by atoms with Crippen LogP contribution in [-0.4, -0.2) is 20.4 Å². The summed E-state index contributed by atoms with van der Waals surface area (Å²) in [6, 6.07) is 10.1. The molecule has 0 saturated carbocycles. The van der Waals surface area contributed by atoms with E-state index in [-0.39, 0.29) is 11.2 Å². The minimum absolute atomic E-state index is 0.130. The zero-order valence-corrected chi connectivity index (χ0v) is 14.1. The third-order valence-corrected chi connectivity index (χ3v) is 4.39. The molecule has 0 aliphatic rings. The van der Waals surface area contributed by atoms with Gasteiger partial charge in [-0.15, -0.1) is 0 Å². The first kappa shape index (κ1) is 16.1. The maximum absolute atomic E-state index is 12.3. The second kappa shape index (κ2) is 6.01. The van der Waals surface area contributed by atoms with Gasteiger partial charge < -0.3 is 4.43 Å².